The van der Waals surface area contributed by atoms with Crippen LogP contribution in [0.5, 0.6) is 5.75 Å². The molecule has 0 saturated carbocycles. The lowest BCUT2D eigenvalue weighted by Gasteiger charge is -2.27. The van der Waals surface area contributed by atoms with Crippen molar-refractivity contribution in [3.8, 4) is 5.75 Å². The van der Waals surface area contributed by atoms with Crippen molar-refractivity contribution in [1.82, 2.24) is 4.90 Å². The number of aromatic nitrogens is 1. The number of carbonyl (C=O) groups excluding carboxylic acids is 1. The first kappa shape index (κ1) is 33.6. The Morgan fingerprint density at radius 3 is 2.02 bits per heavy atom. The van der Waals surface area contributed by atoms with Gasteiger partial charge in [-0.05, 0) is 52.8 Å². The minimum atomic E-state index is -0.0884. The van der Waals surface area contributed by atoms with Crippen LogP contribution in [0.3, 0.4) is 0 Å². The summed E-state index contributed by atoms with van der Waals surface area (Å²) in [7, 11) is 1.99. The van der Waals surface area contributed by atoms with E-state index < -0.39 is 0 Å². The number of aryl methyl sites for hydroxylation is 1. The van der Waals surface area contributed by atoms with Crippen LogP contribution in [0.2, 0.25) is 5.02 Å². The zero-order valence-electron chi connectivity index (χ0n) is 26.6. The Bertz CT molecular complexity index is 1230. The van der Waals surface area contributed by atoms with Crippen molar-refractivity contribution in [3.05, 3.63) is 94.3 Å². The Morgan fingerprint density at radius 2 is 1.40 bits per heavy atom. The average molecular weight is 592 g/mol. The number of hydrogen-bond donors (Lipinski definition) is 0. The van der Waals surface area contributed by atoms with E-state index in [0.29, 0.717) is 23.7 Å². The first-order valence-electron chi connectivity index (χ1n) is 15.9. The molecule has 1 aromatic heterocycles. The molecule has 0 bridgehead atoms. The third-order valence-electron chi connectivity index (χ3n) is 7.79. The summed E-state index contributed by atoms with van der Waals surface area (Å²) in [4.78, 5) is 15.6. The molecule has 3 aromatic rings. The number of ether oxygens (including phenoxy) is 1. The molecule has 0 aliphatic carbocycles. The molecule has 4 nitrogen and oxygen atoms in total. The van der Waals surface area contributed by atoms with Crippen molar-refractivity contribution in [2.45, 2.75) is 110 Å². The molecular weight excluding hydrogens is 540 g/mol. The molecule has 0 radical (unpaired) electrons. The van der Waals surface area contributed by atoms with Crippen LogP contribution in [0.1, 0.15) is 119 Å². The van der Waals surface area contributed by atoms with E-state index in [4.69, 9.17) is 16.3 Å². The second-order valence-corrected chi connectivity index (χ2v) is 13.0. The fraction of sp³-hybridized carbons (Fsp3) is 0.514. The summed E-state index contributed by atoms with van der Waals surface area (Å²) < 4.78 is 8.33. The lowest BCUT2D eigenvalue weighted by molar-refractivity contribution is -0.671. The van der Waals surface area contributed by atoms with Crippen LogP contribution in [-0.2, 0) is 25.6 Å². The zero-order chi connectivity index (χ0) is 30.4. The summed E-state index contributed by atoms with van der Waals surface area (Å²) >= 11 is 6.45. The molecule has 3 rings (SSSR count). The fourth-order valence-corrected chi connectivity index (χ4v) is 5.46. The first-order chi connectivity index (χ1) is 20.2. The van der Waals surface area contributed by atoms with Crippen molar-refractivity contribution in [2.24, 2.45) is 7.05 Å². The molecule has 0 aliphatic rings. The van der Waals surface area contributed by atoms with E-state index in [1.165, 1.54) is 63.4 Å². The minimum absolute atomic E-state index is 0.0765. The highest BCUT2D eigenvalue weighted by atomic mass is 35.5. The van der Waals surface area contributed by atoms with E-state index in [1.807, 2.05) is 41.0 Å². The van der Waals surface area contributed by atoms with Gasteiger partial charge < -0.3 is 9.64 Å². The number of amides is 1. The summed E-state index contributed by atoms with van der Waals surface area (Å²) in [6.07, 6.45) is 17.1. The molecule has 0 aliphatic heterocycles. The molecule has 1 amide bonds. The van der Waals surface area contributed by atoms with Gasteiger partial charge in [0.1, 0.15) is 12.8 Å². The lowest BCUT2D eigenvalue weighted by Crippen LogP contribution is -2.31. The number of carbonyl (C=O) groups is 1. The maximum atomic E-state index is 13.7. The Kier molecular flexibility index (Phi) is 13.9. The Hall–Kier alpha value is -2.85. The largest absolute Gasteiger partial charge is 0.493 e. The number of hydrogen-bond acceptors (Lipinski definition) is 2. The summed E-state index contributed by atoms with van der Waals surface area (Å²) in [5.74, 6) is 0.870. The van der Waals surface area contributed by atoms with Gasteiger partial charge in [-0.1, -0.05) is 115 Å². The van der Waals surface area contributed by atoms with Gasteiger partial charge in [0.05, 0.1) is 17.2 Å². The van der Waals surface area contributed by atoms with Crippen LogP contribution in [-0.4, -0.2) is 17.4 Å². The van der Waals surface area contributed by atoms with Gasteiger partial charge in [-0.3, -0.25) is 4.79 Å². The highest BCUT2D eigenvalue weighted by molar-refractivity contribution is 6.33. The van der Waals surface area contributed by atoms with Crippen LogP contribution in [0.4, 0.5) is 0 Å². The van der Waals surface area contributed by atoms with Crippen LogP contribution < -0.4 is 9.30 Å². The smallest absolute Gasteiger partial charge is 0.255 e. The Balaban J connectivity index is 1.65. The Labute approximate surface area is 260 Å². The van der Waals surface area contributed by atoms with E-state index in [9.17, 15) is 4.79 Å². The van der Waals surface area contributed by atoms with Gasteiger partial charge >= 0.3 is 0 Å². The maximum absolute atomic E-state index is 13.7. The van der Waals surface area contributed by atoms with E-state index in [1.54, 1.807) is 12.1 Å². The van der Waals surface area contributed by atoms with Crippen LogP contribution >= 0.6 is 11.6 Å². The molecule has 0 atom stereocenters. The van der Waals surface area contributed by atoms with E-state index >= 15 is 0 Å². The predicted molar refractivity (Wildman–Crippen MR) is 175 cm³/mol. The van der Waals surface area contributed by atoms with Gasteiger partial charge in [0.15, 0.2) is 12.4 Å². The summed E-state index contributed by atoms with van der Waals surface area (Å²) in [6.45, 7) is 10.6. The number of halogens is 1. The van der Waals surface area contributed by atoms with Crippen LogP contribution in [0.15, 0.2) is 67.0 Å². The molecule has 0 fully saturated rings. The number of rotatable bonds is 17. The monoisotopic (exact) mass is 591 g/mol. The number of unbranched alkanes of at least 4 members (excludes halogenated alkanes) is 9. The molecule has 0 spiro atoms. The second-order valence-electron chi connectivity index (χ2n) is 12.6. The third kappa shape index (κ3) is 11.1. The summed E-state index contributed by atoms with van der Waals surface area (Å²) in [5.41, 5.74) is 3.75. The van der Waals surface area contributed by atoms with Gasteiger partial charge in [-0.15, -0.1) is 0 Å². The minimum Gasteiger partial charge on any atom is -0.493 e. The third-order valence-corrected chi connectivity index (χ3v) is 8.12. The van der Waals surface area contributed by atoms with Crippen molar-refractivity contribution in [2.75, 3.05) is 6.61 Å². The van der Waals surface area contributed by atoms with Crippen molar-refractivity contribution >= 4 is 17.5 Å². The topological polar surface area (TPSA) is 33.4 Å². The summed E-state index contributed by atoms with van der Waals surface area (Å²) in [5, 5.41) is 0.470. The van der Waals surface area contributed by atoms with E-state index in [-0.39, 0.29) is 11.3 Å². The molecular formula is C37H52ClN2O2+. The van der Waals surface area contributed by atoms with Gasteiger partial charge in [0.2, 0.25) is 0 Å². The maximum Gasteiger partial charge on any atom is 0.255 e. The molecule has 0 N–H and O–H groups in total. The van der Waals surface area contributed by atoms with Gasteiger partial charge in [-0.2, -0.15) is 0 Å². The zero-order valence-corrected chi connectivity index (χ0v) is 27.4. The van der Waals surface area contributed by atoms with E-state index in [0.717, 1.165) is 29.9 Å². The number of pyridine rings is 1. The molecule has 0 unspecified atom stereocenters. The van der Waals surface area contributed by atoms with Crippen LogP contribution in [0, 0.1) is 0 Å². The SMILES string of the molecule is CCCCCCCCCCCCOc1ccc(CN(Cc2cc[n+](C)cc2)C(=O)c2ccccc2Cl)cc1C(C)(C)C. The molecule has 0 saturated heterocycles. The van der Waals surface area contributed by atoms with Crippen molar-refractivity contribution < 1.29 is 14.1 Å². The molecule has 5 heteroatoms. The second kappa shape index (κ2) is 17.3. The normalized spacial score (nSPS) is 11.5. The molecule has 1 heterocycles. The predicted octanol–water partition coefficient (Wildman–Crippen LogP) is 9.60. The first-order valence-corrected chi connectivity index (χ1v) is 16.3. The van der Waals surface area contributed by atoms with Gasteiger partial charge in [-0.25, -0.2) is 4.57 Å². The highest BCUT2D eigenvalue weighted by Crippen LogP contribution is 2.33. The number of benzene rings is 2. The quantitative estimate of drug-likeness (QED) is 0.116. The lowest BCUT2D eigenvalue weighted by atomic mass is 9.85. The van der Waals surface area contributed by atoms with Crippen molar-refractivity contribution in [1.29, 1.82) is 0 Å². The van der Waals surface area contributed by atoms with Crippen molar-refractivity contribution in [3.63, 3.8) is 0 Å². The van der Waals surface area contributed by atoms with Crippen LogP contribution in [0.25, 0.3) is 0 Å². The molecule has 2 aromatic carbocycles. The van der Waals surface area contributed by atoms with Gasteiger partial charge in [0, 0.05) is 25.2 Å². The van der Waals surface area contributed by atoms with E-state index in [2.05, 4.69) is 58.0 Å². The molecule has 228 valence electrons. The average Bonchev–Trinajstić information content (AvgIpc) is 2.96. The highest BCUT2D eigenvalue weighted by Gasteiger charge is 2.23. The standard InChI is InChI=1S/C37H52ClN2O2/c1-6-7-8-9-10-11-12-13-14-17-26-42-35-21-20-31(27-33(35)37(2,3)4)29-40(28-30-22-24-39(5)25-23-30)36(41)32-18-15-16-19-34(32)38/h15-16,18-25,27H,6-14,17,26,28-29H2,1-5H3/q+1. The summed E-state index contributed by atoms with van der Waals surface area (Å²) in [6, 6.07) is 17.8. The fourth-order valence-electron chi connectivity index (χ4n) is 5.24. The van der Waals surface area contributed by atoms with Gasteiger partial charge in [0.25, 0.3) is 5.91 Å². The Morgan fingerprint density at radius 1 is 0.810 bits per heavy atom. The number of nitrogens with zero attached hydrogens (tertiary/aromatic N) is 2. The molecule has 42 heavy (non-hydrogen) atoms.